The van der Waals surface area contributed by atoms with Crippen LogP contribution in [0.25, 0.3) is 0 Å². The highest BCUT2D eigenvalue weighted by molar-refractivity contribution is 5.55. The highest BCUT2D eigenvalue weighted by Gasteiger charge is 2.77. The molecule has 6 fully saturated rings. The fourth-order valence-electron chi connectivity index (χ4n) is 9.76. The average Bonchev–Trinajstić information content (AvgIpc) is 3.55. The molecule has 0 amide bonds. The number of nitrogens with zero attached hydrogens (tertiary/aromatic N) is 1. The maximum absolute atomic E-state index is 11.8. The molecule has 2 aliphatic carbocycles. The van der Waals surface area contributed by atoms with Crippen molar-refractivity contribution in [2.45, 2.75) is 66.5 Å². The van der Waals surface area contributed by atoms with Crippen LogP contribution >= 0.6 is 0 Å². The summed E-state index contributed by atoms with van der Waals surface area (Å²) in [4.78, 5) is 2.60. The van der Waals surface area contributed by atoms with Crippen molar-refractivity contribution in [3.05, 3.63) is 59.2 Å². The van der Waals surface area contributed by atoms with Gasteiger partial charge in [-0.3, -0.25) is 4.90 Å². The normalized spacial score (nSPS) is 41.8. The Morgan fingerprint density at radius 2 is 1.52 bits per heavy atom. The highest BCUT2D eigenvalue weighted by Crippen LogP contribution is 2.71. The lowest BCUT2D eigenvalue weighted by Gasteiger charge is -2.71. The number of methoxy groups -OCH3 is 4. The summed E-state index contributed by atoms with van der Waals surface area (Å²) in [6, 6.07) is 13.2. The van der Waals surface area contributed by atoms with Crippen molar-refractivity contribution < 1.29 is 28.8 Å². The second kappa shape index (κ2) is 8.16. The quantitative estimate of drug-likeness (QED) is 0.533. The molecule has 2 aromatic carbocycles. The summed E-state index contributed by atoms with van der Waals surface area (Å²) in [5, 5.41) is 15.6. The van der Waals surface area contributed by atoms with Crippen LogP contribution in [-0.2, 0) is 15.6 Å². The Hall–Kier alpha value is -2.78. The molecule has 5 saturated heterocycles. The van der Waals surface area contributed by atoms with Crippen LogP contribution in [0, 0.1) is 5.92 Å². The van der Waals surface area contributed by atoms with Gasteiger partial charge in [-0.1, -0.05) is 18.2 Å². The van der Waals surface area contributed by atoms with E-state index in [1.807, 2.05) is 12.1 Å². The Labute approximate surface area is 235 Å². The van der Waals surface area contributed by atoms with Crippen molar-refractivity contribution in [2.24, 2.45) is 5.92 Å². The van der Waals surface area contributed by atoms with Crippen LogP contribution in [0.2, 0.25) is 0 Å². The molecule has 5 heterocycles. The minimum Gasteiger partial charge on any atom is -0.493 e. The Kier molecular flexibility index (Phi) is 5.09. The molecule has 2 N–H and O–H groups in total. The SMILES string of the molecule is COc1ccc([C@@]23CCN4[C@@H]2C[C@]2(O)C[C@@H]3C3=C[C@]5(c6ccc(OC)c(OC)c6)CCN[C@H]5C[C@]34O2)cc1OC. The van der Waals surface area contributed by atoms with E-state index in [1.54, 1.807) is 28.4 Å². The average molecular weight is 547 g/mol. The van der Waals surface area contributed by atoms with Gasteiger partial charge >= 0.3 is 0 Å². The summed E-state index contributed by atoms with van der Waals surface area (Å²) in [6.07, 6.45) is 6.62. The largest absolute Gasteiger partial charge is 0.493 e. The highest BCUT2D eigenvalue weighted by atomic mass is 16.7. The molecular weight excluding hydrogens is 508 g/mol. The van der Waals surface area contributed by atoms with E-state index in [2.05, 4.69) is 40.6 Å². The van der Waals surface area contributed by atoms with E-state index in [-0.39, 0.29) is 28.8 Å². The number of nitrogens with one attached hydrogen (secondary N) is 1. The predicted molar refractivity (Wildman–Crippen MR) is 148 cm³/mol. The molecule has 1 unspecified atom stereocenters. The maximum atomic E-state index is 11.8. The van der Waals surface area contributed by atoms with E-state index >= 15 is 0 Å². The lowest BCUT2D eigenvalue weighted by molar-refractivity contribution is -0.384. The number of benzene rings is 2. The Morgan fingerprint density at radius 1 is 0.850 bits per heavy atom. The van der Waals surface area contributed by atoms with Crippen LogP contribution in [0.15, 0.2) is 48.0 Å². The van der Waals surface area contributed by atoms with Gasteiger partial charge in [0.05, 0.1) is 28.4 Å². The molecule has 8 heteroatoms. The topological polar surface area (TPSA) is 81.7 Å². The van der Waals surface area contributed by atoms with Crippen molar-refractivity contribution in [1.82, 2.24) is 10.2 Å². The number of piperidine rings is 1. The summed E-state index contributed by atoms with van der Waals surface area (Å²) < 4.78 is 29.5. The molecule has 40 heavy (non-hydrogen) atoms. The second-order valence-electron chi connectivity index (χ2n) is 12.5. The molecule has 0 aromatic heterocycles. The van der Waals surface area contributed by atoms with Crippen LogP contribution in [0.1, 0.15) is 43.2 Å². The third-order valence-corrected chi connectivity index (χ3v) is 11.3. The minimum atomic E-state index is -1.10. The molecule has 8 atom stereocenters. The molecule has 1 saturated carbocycles. The third-order valence-electron chi connectivity index (χ3n) is 11.3. The first-order valence-corrected chi connectivity index (χ1v) is 14.5. The van der Waals surface area contributed by atoms with E-state index < -0.39 is 11.5 Å². The summed E-state index contributed by atoms with van der Waals surface area (Å²) >= 11 is 0. The molecule has 1 spiro atoms. The smallest absolute Gasteiger partial charge is 0.170 e. The van der Waals surface area contributed by atoms with Gasteiger partial charge in [0.25, 0.3) is 0 Å². The van der Waals surface area contributed by atoms with Crippen molar-refractivity contribution in [2.75, 3.05) is 41.5 Å². The molecule has 212 valence electrons. The molecule has 5 aliphatic heterocycles. The van der Waals surface area contributed by atoms with E-state index in [0.29, 0.717) is 12.8 Å². The van der Waals surface area contributed by atoms with Gasteiger partial charge in [-0.15, -0.1) is 0 Å². The number of aliphatic hydroxyl groups is 1. The maximum Gasteiger partial charge on any atom is 0.170 e. The van der Waals surface area contributed by atoms with Crippen molar-refractivity contribution in [3.8, 4) is 23.0 Å². The second-order valence-corrected chi connectivity index (χ2v) is 12.5. The van der Waals surface area contributed by atoms with Gasteiger partial charge in [-0.25, -0.2) is 0 Å². The molecule has 9 rings (SSSR count). The lowest BCUT2D eigenvalue weighted by atomic mass is 9.49. The van der Waals surface area contributed by atoms with Gasteiger partial charge < -0.3 is 34.1 Å². The third kappa shape index (κ3) is 2.85. The molecule has 0 radical (unpaired) electrons. The monoisotopic (exact) mass is 546 g/mol. The number of fused-ring (bicyclic) bond motifs is 1. The fourth-order valence-corrected chi connectivity index (χ4v) is 9.76. The fraction of sp³-hybridized carbons (Fsp3) is 0.562. The zero-order chi connectivity index (χ0) is 27.5. The first kappa shape index (κ1) is 25.0. The van der Waals surface area contributed by atoms with Crippen LogP contribution in [0.3, 0.4) is 0 Å². The summed E-state index contributed by atoms with van der Waals surface area (Å²) in [5.74, 6) is 2.05. The van der Waals surface area contributed by atoms with Crippen LogP contribution in [0.5, 0.6) is 23.0 Å². The zero-order valence-corrected chi connectivity index (χ0v) is 23.7. The minimum absolute atomic E-state index is 0.122. The van der Waals surface area contributed by atoms with Gasteiger partial charge in [0.15, 0.2) is 28.8 Å². The first-order valence-electron chi connectivity index (χ1n) is 14.5. The number of ether oxygens (including phenoxy) is 5. The Balaban J connectivity index is 1.33. The number of rotatable bonds is 6. The van der Waals surface area contributed by atoms with Crippen molar-refractivity contribution >= 4 is 0 Å². The van der Waals surface area contributed by atoms with E-state index in [0.717, 1.165) is 55.4 Å². The number of hydrogen-bond donors (Lipinski definition) is 2. The summed E-state index contributed by atoms with van der Waals surface area (Å²) in [5.41, 5.74) is 2.95. The standard InChI is InChI=1S/C32H38N2O6/c1-36-23-7-5-19(13-25(23)38-3)29-9-11-33-27(29)17-32-22(15-29)21-16-30(35,40-32)18-28-31(21,10-12-34(28)32)20-6-8-24(37-2)26(14-20)39-4/h5-8,13-15,21,27-28,33,35H,9-12,16-18H2,1-4H3/t21-,27+,28-,29+,30+,31-,32+/m1/s1. The summed E-state index contributed by atoms with van der Waals surface area (Å²) in [7, 11) is 6.75. The molecular formula is C32H38N2O6. The first-order chi connectivity index (χ1) is 19.4. The molecule has 6 bridgehead atoms. The van der Waals surface area contributed by atoms with E-state index in [1.165, 1.54) is 16.7 Å². The van der Waals surface area contributed by atoms with Gasteiger partial charge in [0.2, 0.25) is 0 Å². The van der Waals surface area contributed by atoms with Crippen molar-refractivity contribution in [1.29, 1.82) is 0 Å². The van der Waals surface area contributed by atoms with Gasteiger partial charge in [-0.2, -0.15) is 0 Å². The van der Waals surface area contributed by atoms with Gasteiger partial charge in [-0.05, 0) is 60.4 Å². The Bertz CT molecular complexity index is 1430. The van der Waals surface area contributed by atoms with Crippen LogP contribution < -0.4 is 24.3 Å². The molecule has 8 nitrogen and oxygen atoms in total. The molecule has 2 aromatic rings. The van der Waals surface area contributed by atoms with E-state index in [4.69, 9.17) is 23.7 Å². The van der Waals surface area contributed by atoms with Gasteiger partial charge in [0.1, 0.15) is 5.72 Å². The van der Waals surface area contributed by atoms with E-state index in [9.17, 15) is 5.11 Å². The Morgan fingerprint density at radius 3 is 2.23 bits per heavy atom. The predicted octanol–water partition coefficient (Wildman–Crippen LogP) is 3.50. The summed E-state index contributed by atoms with van der Waals surface area (Å²) in [6.45, 7) is 1.87. The lowest BCUT2D eigenvalue weighted by Crippen LogP contribution is -2.79. The zero-order valence-electron chi connectivity index (χ0n) is 23.7. The van der Waals surface area contributed by atoms with Crippen LogP contribution in [0.4, 0.5) is 0 Å². The molecule has 7 aliphatic rings. The van der Waals surface area contributed by atoms with Crippen LogP contribution in [-0.4, -0.2) is 75.1 Å². The van der Waals surface area contributed by atoms with Crippen molar-refractivity contribution in [3.63, 3.8) is 0 Å². The number of hydrogen-bond acceptors (Lipinski definition) is 8. The van der Waals surface area contributed by atoms with Gasteiger partial charge in [0, 0.05) is 54.6 Å².